The molecule has 0 fully saturated rings. The molecule has 4 nitrogen and oxygen atoms in total. The fraction of sp³-hybridized carbons (Fsp3) is 0.273. The first-order chi connectivity index (χ1) is 7.18. The molecule has 0 aliphatic heterocycles. The van der Waals surface area contributed by atoms with Crippen LogP contribution in [0.2, 0.25) is 0 Å². The van der Waals surface area contributed by atoms with Crippen molar-refractivity contribution >= 4 is 17.6 Å². The zero-order valence-electron chi connectivity index (χ0n) is 8.53. The van der Waals surface area contributed by atoms with E-state index >= 15 is 0 Å². The van der Waals surface area contributed by atoms with E-state index in [1.807, 2.05) is 18.2 Å². The van der Waals surface area contributed by atoms with Gasteiger partial charge in [-0.15, -0.1) is 0 Å². The predicted molar refractivity (Wildman–Crippen MR) is 56.3 cm³/mol. The van der Waals surface area contributed by atoms with Gasteiger partial charge < -0.3 is 10.1 Å². The normalized spacial score (nSPS) is 9.40. The van der Waals surface area contributed by atoms with Gasteiger partial charge >= 0.3 is 5.97 Å². The Morgan fingerprint density at radius 2 is 1.93 bits per heavy atom. The third kappa shape index (κ3) is 4.81. The number of carbonyl (C=O) groups is 2. The van der Waals surface area contributed by atoms with Crippen molar-refractivity contribution in [3.63, 3.8) is 0 Å². The predicted octanol–water partition coefficient (Wildman–Crippen LogP) is 1.58. The summed E-state index contributed by atoms with van der Waals surface area (Å²) in [4.78, 5) is 21.7. The van der Waals surface area contributed by atoms with Gasteiger partial charge in [0, 0.05) is 12.6 Å². The number of benzene rings is 1. The number of carbonyl (C=O) groups excluding carboxylic acids is 2. The molecular formula is C11H13NO3. The average molecular weight is 207 g/mol. The fourth-order valence-electron chi connectivity index (χ4n) is 1.03. The molecule has 0 saturated carbocycles. The molecule has 80 valence electrons. The van der Waals surface area contributed by atoms with Gasteiger partial charge in [0.2, 0.25) is 5.91 Å². The van der Waals surface area contributed by atoms with Gasteiger partial charge in [0.1, 0.15) is 6.61 Å². The van der Waals surface area contributed by atoms with Crippen LogP contribution in [-0.2, 0) is 14.3 Å². The largest absolute Gasteiger partial charge is 0.465 e. The summed E-state index contributed by atoms with van der Waals surface area (Å²) in [5.74, 6) is -0.537. The van der Waals surface area contributed by atoms with Crippen LogP contribution >= 0.6 is 0 Å². The highest BCUT2D eigenvalue weighted by Gasteiger charge is 2.02. The second-order valence-corrected chi connectivity index (χ2v) is 3.00. The van der Waals surface area contributed by atoms with Crippen LogP contribution in [0, 0.1) is 0 Å². The molecule has 0 bridgehead atoms. The Kier molecular flexibility index (Phi) is 4.34. The van der Waals surface area contributed by atoms with Crippen LogP contribution in [0.15, 0.2) is 30.3 Å². The Bertz CT molecular complexity index is 335. The molecule has 1 rings (SSSR count). The zero-order valence-corrected chi connectivity index (χ0v) is 8.53. The molecule has 1 N–H and O–H groups in total. The van der Waals surface area contributed by atoms with E-state index in [0.717, 1.165) is 5.69 Å². The van der Waals surface area contributed by atoms with Crippen LogP contribution in [0.4, 0.5) is 5.69 Å². The number of nitrogens with one attached hydrogen (secondary N) is 1. The molecule has 0 radical (unpaired) electrons. The van der Waals surface area contributed by atoms with Crippen LogP contribution in [0.5, 0.6) is 0 Å². The summed E-state index contributed by atoms with van der Waals surface area (Å²) in [7, 11) is 0. The summed E-state index contributed by atoms with van der Waals surface area (Å²) < 4.78 is 4.65. The Morgan fingerprint density at radius 1 is 1.27 bits per heavy atom. The number of hydrogen-bond acceptors (Lipinski definition) is 3. The number of rotatable bonds is 4. The van der Waals surface area contributed by atoms with Gasteiger partial charge in [-0.2, -0.15) is 0 Å². The van der Waals surface area contributed by atoms with Crippen molar-refractivity contribution in [1.82, 2.24) is 0 Å². The van der Waals surface area contributed by atoms with Gasteiger partial charge in [-0.05, 0) is 12.1 Å². The van der Waals surface area contributed by atoms with E-state index in [4.69, 9.17) is 0 Å². The highest BCUT2D eigenvalue weighted by molar-refractivity contribution is 5.90. The van der Waals surface area contributed by atoms with E-state index in [1.54, 1.807) is 12.1 Å². The van der Waals surface area contributed by atoms with Gasteiger partial charge in [-0.1, -0.05) is 18.2 Å². The quantitative estimate of drug-likeness (QED) is 0.762. The van der Waals surface area contributed by atoms with Crippen molar-refractivity contribution in [2.24, 2.45) is 0 Å². The number of anilines is 1. The topological polar surface area (TPSA) is 55.4 Å². The lowest BCUT2D eigenvalue weighted by atomic mass is 10.3. The maximum Gasteiger partial charge on any atom is 0.302 e. The molecule has 0 spiro atoms. The Balaban J connectivity index is 2.28. The second-order valence-electron chi connectivity index (χ2n) is 3.00. The summed E-state index contributed by atoms with van der Waals surface area (Å²) in [6.07, 6.45) is 0.175. The molecular weight excluding hydrogens is 194 g/mol. The average Bonchev–Trinajstić information content (AvgIpc) is 2.18. The molecule has 0 aliphatic rings. The maximum absolute atomic E-state index is 11.3. The Morgan fingerprint density at radius 3 is 2.53 bits per heavy atom. The minimum atomic E-state index is -0.373. The van der Waals surface area contributed by atoms with Crippen LogP contribution in [-0.4, -0.2) is 18.5 Å². The third-order valence-electron chi connectivity index (χ3n) is 1.69. The summed E-state index contributed by atoms with van der Waals surface area (Å²) >= 11 is 0. The molecule has 0 atom stereocenters. The van der Waals surface area contributed by atoms with Crippen LogP contribution in [0.3, 0.4) is 0 Å². The highest BCUT2D eigenvalue weighted by atomic mass is 16.5. The van der Waals surface area contributed by atoms with Gasteiger partial charge in [0.25, 0.3) is 0 Å². The smallest absolute Gasteiger partial charge is 0.302 e. The molecule has 4 heteroatoms. The standard InChI is InChI=1S/C11H13NO3/c1-9(13)15-8-7-11(14)12-10-5-3-2-4-6-10/h2-6H,7-8H2,1H3,(H,12,14). The van der Waals surface area contributed by atoms with Crippen molar-refractivity contribution in [3.05, 3.63) is 30.3 Å². The van der Waals surface area contributed by atoms with Crippen molar-refractivity contribution < 1.29 is 14.3 Å². The lowest BCUT2D eigenvalue weighted by Gasteiger charge is -2.04. The van der Waals surface area contributed by atoms with Crippen LogP contribution < -0.4 is 5.32 Å². The SMILES string of the molecule is CC(=O)OCCC(=O)Nc1ccccc1. The Hall–Kier alpha value is -1.84. The first-order valence-electron chi connectivity index (χ1n) is 4.67. The Labute approximate surface area is 88.2 Å². The van der Waals surface area contributed by atoms with Crippen molar-refractivity contribution in [1.29, 1.82) is 0 Å². The summed E-state index contributed by atoms with van der Waals surface area (Å²) in [6.45, 7) is 1.43. The summed E-state index contributed by atoms with van der Waals surface area (Å²) in [6, 6.07) is 9.13. The number of para-hydroxylation sites is 1. The van der Waals surface area contributed by atoms with Gasteiger partial charge in [-0.25, -0.2) is 0 Å². The monoisotopic (exact) mass is 207 g/mol. The molecule has 0 unspecified atom stereocenters. The number of ether oxygens (including phenoxy) is 1. The first-order valence-corrected chi connectivity index (χ1v) is 4.67. The van der Waals surface area contributed by atoms with E-state index in [0.29, 0.717) is 0 Å². The number of amides is 1. The molecule has 1 aromatic carbocycles. The van der Waals surface area contributed by atoms with E-state index in [2.05, 4.69) is 10.1 Å². The lowest BCUT2D eigenvalue weighted by Crippen LogP contribution is -2.14. The summed E-state index contributed by atoms with van der Waals surface area (Å²) in [5, 5.41) is 2.69. The molecule has 0 heterocycles. The molecule has 1 aromatic rings. The number of hydrogen-bond donors (Lipinski definition) is 1. The third-order valence-corrected chi connectivity index (χ3v) is 1.69. The highest BCUT2D eigenvalue weighted by Crippen LogP contribution is 2.05. The van der Waals surface area contributed by atoms with Gasteiger partial charge in [0.05, 0.1) is 6.42 Å². The minimum Gasteiger partial charge on any atom is -0.465 e. The van der Waals surface area contributed by atoms with E-state index in [9.17, 15) is 9.59 Å². The fourth-order valence-corrected chi connectivity index (χ4v) is 1.03. The van der Waals surface area contributed by atoms with E-state index in [-0.39, 0.29) is 24.9 Å². The molecule has 1 amide bonds. The summed E-state index contributed by atoms with van der Waals surface area (Å²) in [5.41, 5.74) is 0.741. The zero-order chi connectivity index (χ0) is 11.1. The molecule has 0 saturated heterocycles. The molecule has 0 aromatic heterocycles. The van der Waals surface area contributed by atoms with E-state index < -0.39 is 0 Å². The van der Waals surface area contributed by atoms with Crippen molar-refractivity contribution in [2.75, 3.05) is 11.9 Å². The van der Waals surface area contributed by atoms with Crippen molar-refractivity contribution in [3.8, 4) is 0 Å². The number of esters is 1. The van der Waals surface area contributed by atoms with Crippen molar-refractivity contribution in [2.45, 2.75) is 13.3 Å². The second kappa shape index (κ2) is 5.80. The maximum atomic E-state index is 11.3. The molecule has 0 aliphatic carbocycles. The van der Waals surface area contributed by atoms with Crippen LogP contribution in [0.25, 0.3) is 0 Å². The van der Waals surface area contributed by atoms with Gasteiger partial charge in [0.15, 0.2) is 0 Å². The van der Waals surface area contributed by atoms with Gasteiger partial charge in [-0.3, -0.25) is 9.59 Å². The van der Waals surface area contributed by atoms with Crippen LogP contribution in [0.1, 0.15) is 13.3 Å². The van der Waals surface area contributed by atoms with E-state index in [1.165, 1.54) is 6.92 Å². The molecule has 15 heavy (non-hydrogen) atoms. The minimum absolute atomic E-state index is 0.119. The lowest BCUT2D eigenvalue weighted by molar-refractivity contribution is -0.141. The first kappa shape index (κ1) is 11.2.